The topological polar surface area (TPSA) is 55.8 Å². The second kappa shape index (κ2) is 5.82. The van der Waals surface area contributed by atoms with Crippen molar-refractivity contribution in [3.63, 3.8) is 0 Å². The minimum Gasteiger partial charge on any atom is -0.434 e. The lowest BCUT2D eigenvalue weighted by molar-refractivity contribution is -0.194. The fourth-order valence-electron chi connectivity index (χ4n) is 1.42. The molecule has 0 saturated carbocycles. The average Bonchev–Trinajstić information content (AvgIpc) is 2.16. The quantitative estimate of drug-likeness (QED) is 0.495. The highest BCUT2D eigenvalue weighted by molar-refractivity contribution is 5.94. The number of Topliss-reactive ketones (excluding diaryl/α,β-unsaturated/α-hetero) is 1. The molecule has 1 unspecified atom stereocenters. The molecule has 0 amide bonds. The number of ketones is 1. The molecule has 0 spiro atoms. The van der Waals surface area contributed by atoms with Gasteiger partial charge in [-0.3, -0.25) is 14.5 Å². The van der Waals surface area contributed by atoms with Gasteiger partial charge < -0.3 is 9.47 Å². The lowest BCUT2D eigenvalue weighted by Crippen LogP contribution is -2.44. The van der Waals surface area contributed by atoms with E-state index in [1.165, 1.54) is 6.92 Å². The molecule has 0 aliphatic carbocycles. The van der Waals surface area contributed by atoms with Crippen LogP contribution in [0.1, 0.15) is 20.3 Å². The fourth-order valence-corrected chi connectivity index (χ4v) is 1.42. The van der Waals surface area contributed by atoms with Crippen LogP contribution in [-0.4, -0.2) is 49.2 Å². The summed E-state index contributed by atoms with van der Waals surface area (Å²) >= 11 is 0. The first kappa shape index (κ1) is 12.1. The summed E-state index contributed by atoms with van der Waals surface area (Å²) < 4.78 is 10.3. The molecule has 1 aliphatic rings. The number of morpholine rings is 1. The van der Waals surface area contributed by atoms with E-state index in [-0.39, 0.29) is 12.2 Å². The molecule has 1 aliphatic heterocycles. The number of esters is 1. The van der Waals surface area contributed by atoms with Crippen LogP contribution in [0, 0.1) is 0 Å². The summed E-state index contributed by atoms with van der Waals surface area (Å²) in [5.41, 5.74) is 0. The van der Waals surface area contributed by atoms with Crippen LogP contribution < -0.4 is 0 Å². The third-order valence-corrected chi connectivity index (χ3v) is 2.22. The molecule has 5 heteroatoms. The van der Waals surface area contributed by atoms with Gasteiger partial charge in [-0.15, -0.1) is 0 Å². The van der Waals surface area contributed by atoms with Crippen LogP contribution in [-0.2, 0) is 19.1 Å². The number of nitrogens with zero attached hydrogens (tertiary/aromatic N) is 1. The van der Waals surface area contributed by atoms with E-state index in [9.17, 15) is 9.59 Å². The van der Waals surface area contributed by atoms with Crippen LogP contribution in [0.3, 0.4) is 0 Å². The monoisotopic (exact) mass is 215 g/mol. The Morgan fingerprint density at radius 2 is 2.27 bits per heavy atom. The maximum absolute atomic E-state index is 11.2. The zero-order valence-electron chi connectivity index (χ0n) is 9.19. The predicted octanol–water partition coefficient (Wildman–Crippen LogP) is 0.187. The van der Waals surface area contributed by atoms with Gasteiger partial charge >= 0.3 is 5.97 Å². The molecule has 0 bridgehead atoms. The third kappa shape index (κ3) is 4.40. The number of likely N-dealkylation sites (N-methyl/N-ethyl adjacent to an activating group) is 1. The molecule has 5 nitrogen and oxygen atoms in total. The lowest BCUT2D eigenvalue weighted by atomic mass is 10.3. The fraction of sp³-hybridized carbons (Fsp3) is 0.800. The summed E-state index contributed by atoms with van der Waals surface area (Å²) in [6.07, 6.45) is -0.697. The predicted molar refractivity (Wildman–Crippen MR) is 53.2 cm³/mol. The Hall–Kier alpha value is -0.940. The molecule has 1 atom stereocenters. The van der Waals surface area contributed by atoms with Crippen LogP contribution in [0.4, 0.5) is 0 Å². The van der Waals surface area contributed by atoms with E-state index < -0.39 is 12.3 Å². The van der Waals surface area contributed by atoms with Gasteiger partial charge in [0, 0.05) is 6.54 Å². The van der Waals surface area contributed by atoms with Crippen LogP contribution in [0.25, 0.3) is 0 Å². The van der Waals surface area contributed by atoms with Gasteiger partial charge in [-0.05, 0) is 13.5 Å². The normalized spacial score (nSPS) is 22.4. The number of carbonyl (C=O) groups excluding carboxylic acids is 2. The van der Waals surface area contributed by atoms with Gasteiger partial charge in [0.15, 0.2) is 0 Å². The van der Waals surface area contributed by atoms with Crippen molar-refractivity contribution in [2.24, 2.45) is 0 Å². The van der Waals surface area contributed by atoms with Gasteiger partial charge in [-0.2, -0.15) is 0 Å². The number of hydrogen-bond acceptors (Lipinski definition) is 5. The Balaban J connectivity index is 2.31. The van der Waals surface area contributed by atoms with Crippen molar-refractivity contribution in [1.29, 1.82) is 0 Å². The maximum atomic E-state index is 11.2. The summed E-state index contributed by atoms with van der Waals surface area (Å²) in [7, 11) is 0. The second-order valence-corrected chi connectivity index (χ2v) is 3.56. The zero-order valence-corrected chi connectivity index (χ0v) is 9.19. The summed E-state index contributed by atoms with van der Waals surface area (Å²) in [4.78, 5) is 24.0. The Morgan fingerprint density at radius 3 is 2.87 bits per heavy atom. The minimum atomic E-state index is -0.523. The van der Waals surface area contributed by atoms with Crippen molar-refractivity contribution in [1.82, 2.24) is 4.90 Å². The summed E-state index contributed by atoms with van der Waals surface area (Å²) in [5.74, 6) is -0.700. The van der Waals surface area contributed by atoms with Gasteiger partial charge in [-0.1, -0.05) is 6.92 Å². The lowest BCUT2D eigenvalue weighted by Gasteiger charge is -2.31. The Morgan fingerprint density at radius 1 is 1.53 bits per heavy atom. The first-order valence-corrected chi connectivity index (χ1v) is 5.14. The molecule has 0 aromatic heterocycles. The first-order valence-electron chi connectivity index (χ1n) is 5.14. The summed E-state index contributed by atoms with van der Waals surface area (Å²) in [6, 6.07) is 0. The smallest absolute Gasteiger partial charge is 0.315 e. The van der Waals surface area contributed by atoms with Crippen LogP contribution in [0.2, 0.25) is 0 Å². The van der Waals surface area contributed by atoms with Crippen molar-refractivity contribution in [2.45, 2.75) is 26.6 Å². The molecule has 86 valence electrons. The van der Waals surface area contributed by atoms with E-state index in [1.807, 2.05) is 6.92 Å². The molecular weight excluding hydrogens is 198 g/mol. The molecule has 1 saturated heterocycles. The van der Waals surface area contributed by atoms with E-state index in [2.05, 4.69) is 4.90 Å². The molecule has 1 fully saturated rings. The molecule has 1 heterocycles. The number of rotatable bonds is 4. The first-order chi connectivity index (χ1) is 7.11. The number of hydrogen-bond donors (Lipinski definition) is 0. The van der Waals surface area contributed by atoms with E-state index >= 15 is 0 Å². The molecule has 0 N–H and O–H groups in total. The minimum absolute atomic E-state index is 0.175. The average molecular weight is 215 g/mol. The van der Waals surface area contributed by atoms with Gasteiger partial charge in [0.2, 0.25) is 6.29 Å². The molecule has 15 heavy (non-hydrogen) atoms. The highest BCUT2D eigenvalue weighted by Gasteiger charge is 2.22. The van der Waals surface area contributed by atoms with Crippen LogP contribution in [0.15, 0.2) is 0 Å². The van der Waals surface area contributed by atoms with Crippen molar-refractivity contribution >= 4 is 11.8 Å². The van der Waals surface area contributed by atoms with E-state index in [1.54, 1.807) is 0 Å². The molecule has 0 aromatic carbocycles. The highest BCUT2D eigenvalue weighted by atomic mass is 16.7. The van der Waals surface area contributed by atoms with Gasteiger partial charge in [-0.25, -0.2) is 0 Å². The molecular formula is C10H17NO4. The Bertz CT molecular complexity index is 242. The molecule has 0 aromatic rings. The SMILES string of the molecule is CCN1CCOC(OC(=O)CC(C)=O)C1. The van der Waals surface area contributed by atoms with Crippen LogP contribution in [0.5, 0.6) is 0 Å². The second-order valence-electron chi connectivity index (χ2n) is 3.56. The summed E-state index contributed by atoms with van der Waals surface area (Å²) in [6.45, 7) is 6.31. The van der Waals surface area contributed by atoms with Crippen LogP contribution >= 0.6 is 0 Å². The number of carbonyl (C=O) groups is 2. The highest BCUT2D eigenvalue weighted by Crippen LogP contribution is 2.07. The molecule has 1 rings (SSSR count). The summed E-state index contributed by atoms with van der Waals surface area (Å²) in [5, 5.41) is 0. The number of ether oxygens (including phenoxy) is 2. The van der Waals surface area contributed by atoms with E-state index in [0.29, 0.717) is 13.2 Å². The van der Waals surface area contributed by atoms with Crippen molar-refractivity contribution in [3.05, 3.63) is 0 Å². The van der Waals surface area contributed by atoms with Gasteiger partial charge in [0.1, 0.15) is 12.2 Å². The van der Waals surface area contributed by atoms with Gasteiger partial charge in [0.05, 0.1) is 13.2 Å². The van der Waals surface area contributed by atoms with Gasteiger partial charge in [0.25, 0.3) is 0 Å². The largest absolute Gasteiger partial charge is 0.434 e. The van der Waals surface area contributed by atoms with E-state index in [4.69, 9.17) is 9.47 Å². The zero-order chi connectivity index (χ0) is 11.3. The van der Waals surface area contributed by atoms with Crippen molar-refractivity contribution in [3.8, 4) is 0 Å². The standard InChI is InChI=1S/C10H17NO4/c1-3-11-4-5-14-10(7-11)15-9(13)6-8(2)12/h10H,3-7H2,1-2H3. The third-order valence-electron chi connectivity index (χ3n) is 2.22. The Kier molecular flexibility index (Phi) is 4.71. The van der Waals surface area contributed by atoms with E-state index in [0.717, 1.165) is 13.1 Å². The maximum Gasteiger partial charge on any atom is 0.315 e. The van der Waals surface area contributed by atoms with Crippen molar-refractivity contribution < 1.29 is 19.1 Å². The molecule has 0 radical (unpaired) electrons. The Labute approximate surface area is 89.3 Å². The van der Waals surface area contributed by atoms with Crippen molar-refractivity contribution in [2.75, 3.05) is 26.2 Å².